The summed E-state index contributed by atoms with van der Waals surface area (Å²) < 4.78 is 1.63. The molecule has 19 heavy (non-hydrogen) atoms. The van der Waals surface area contributed by atoms with Crippen LogP contribution in [-0.4, -0.2) is 25.8 Å². The number of nitrogens with two attached hydrogens (primary N) is 1. The molecule has 0 atom stereocenters. The number of rotatable bonds is 2. The van der Waals surface area contributed by atoms with E-state index in [0.29, 0.717) is 11.4 Å². The molecule has 0 saturated carbocycles. The van der Waals surface area contributed by atoms with Gasteiger partial charge < -0.3 is 10.9 Å². The number of oxime groups is 1. The molecule has 0 aliphatic heterocycles. The Morgan fingerprint density at radius 2 is 2.11 bits per heavy atom. The van der Waals surface area contributed by atoms with E-state index in [0.717, 1.165) is 10.9 Å². The zero-order chi connectivity index (χ0) is 13.2. The predicted molar refractivity (Wildman–Crippen MR) is 71.4 cm³/mol. The third-order valence-electron chi connectivity index (χ3n) is 2.83. The van der Waals surface area contributed by atoms with Gasteiger partial charge in [0.15, 0.2) is 11.7 Å². The minimum Gasteiger partial charge on any atom is -0.409 e. The molecule has 3 N–H and O–H groups in total. The number of para-hydroxylation sites is 1. The Balaban J connectivity index is 2.33. The number of fused-ring (bicyclic) bond motifs is 1. The molecule has 6 heteroatoms. The van der Waals surface area contributed by atoms with Crippen LogP contribution in [0.3, 0.4) is 0 Å². The van der Waals surface area contributed by atoms with E-state index in [2.05, 4.69) is 15.2 Å². The smallest absolute Gasteiger partial charge is 0.170 e. The lowest BCUT2D eigenvalue weighted by atomic mass is 10.1. The van der Waals surface area contributed by atoms with Crippen molar-refractivity contribution in [3.63, 3.8) is 0 Å². The average molecular weight is 253 g/mol. The van der Waals surface area contributed by atoms with Crippen molar-refractivity contribution >= 4 is 16.7 Å². The summed E-state index contributed by atoms with van der Waals surface area (Å²) in [6.45, 7) is 0. The topological polar surface area (TPSA) is 89.3 Å². The number of nitrogens with zero attached hydrogens (tertiary/aromatic N) is 4. The van der Waals surface area contributed by atoms with Crippen LogP contribution in [0.15, 0.2) is 53.9 Å². The molecule has 0 fully saturated rings. The van der Waals surface area contributed by atoms with Gasteiger partial charge in [-0.1, -0.05) is 23.4 Å². The average Bonchev–Trinajstić information content (AvgIpc) is 2.99. The molecule has 0 aliphatic carbocycles. The zero-order valence-electron chi connectivity index (χ0n) is 9.93. The quantitative estimate of drug-likeness (QED) is 0.313. The Bertz CT molecular complexity index is 749. The maximum atomic E-state index is 8.89. The van der Waals surface area contributed by atoms with Gasteiger partial charge in [-0.15, -0.1) is 0 Å². The molecular weight excluding hydrogens is 242 g/mol. The van der Waals surface area contributed by atoms with Crippen molar-refractivity contribution in [2.45, 2.75) is 0 Å². The molecule has 0 aliphatic rings. The van der Waals surface area contributed by atoms with Crippen LogP contribution in [0.5, 0.6) is 0 Å². The van der Waals surface area contributed by atoms with Gasteiger partial charge >= 0.3 is 0 Å². The Morgan fingerprint density at radius 1 is 1.26 bits per heavy atom. The molecule has 0 bridgehead atoms. The van der Waals surface area contributed by atoms with Crippen molar-refractivity contribution in [3.05, 3.63) is 54.4 Å². The summed E-state index contributed by atoms with van der Waals surface area (Å²) in [7, 11) is 0. The third-order valence-corrected chi connectivity index (χ3v) is 2.83. The van der Waals surface area contributed by atoms with Gasteiger partial charge in [-0.05, 0) is 18.2 Å². The minimum atomic E-state index is 0.0482. The van der Waals surface area contributed by atoms with Crippen LogP contribution >= 0.6 is 0 Å². The molecule has 2 heterocycles. The number of pyridine rings is 1. The summed E-state index contributed by atoms with van der Waals surface area (Å²) in [5.74, 6) is 0.664. The second-order valence-corrected chi connectivity index (χ2v) is 3.98. The highest BCUT2D eigenvalue weighted by Crippen LogP contribution is 2.19. The fourth-order valence-electron chi connectivity index (χ4n) is 1.95. The highest BCUT2D eigenvalue weighted by atomic mass is 16.4. The molecule has 0 unspecified atom stereocenters. The molecule has 1 aromatic carbocycles. The first-order valence-electron chi connectivity index (χ1n) is 5.67. The van der Waals surface area contributed by atoms with Crippen molar-refractivity contribution < 1.29 is 5.21 Å². The monoisotopic (exact) mass is 253 g/mol. The minimum absolute atomic E-state index is 0.0482. The van der Waals surface area contributed by atoms with Crippen molar-refractivity contribution in [2.75, 3.05) is 0 Å². The Morgan fingerprint density at radius 3 is 2.84 bits per heavy atom. The molecule has 0 amide bonds. The van der Waals surface area contributed by atoms with Crippen LogP contribution in [0.2, 0.25) is 0 Å². The lowest BCUT2D eigenvalue weighted by molar-refractivity contribution is 0.318. The molecular formula is C13H11N5O. The molecule has 3 aromatic rings. The molecule has 3 rings (SSSR count). The van der Waals surface area contributed by atoms with Gasteiger partial charge in [-0.25, -0.2) is 9.67 Å². The van der Waals surface area contributed by atoms with Gasteiger partial charge in [0.1, 0.15) is 0 Å². The summed E-state index contributed by atoms with van der Waals surface area (Å²) in [4.78, 5) is 4.50. The second kappa shape index (κ2) is 4.41. The molecule has 94 valence electrons. The van der Waals surface area contributed by atoms with Gasteiger partial charge in [-0.3, -0.25) is 0 Å². The van der Waals surface area contributed by atoms with Gasteiger partial charge in [0.25, 0.3) is 0 Å². The van der Waals surface area contributed by atoms with Gasteiger partial charge in [0.2, 0.25) is 0 Å². The summed E-state index contributed by atoms with van der Waals surface area (Å²) in [6, 6.07) is 11.1. The molecule has 0 saturated heterocycles. The van der Waals surface area contributed by atoms with Crippen LogP contribution in [0.25, 0.3) is 16.7 Å². The van der Waals surface area contributed by atoms with Crippen molar-refractivity contribution in [2.24, 2.45) is 10.9 Å². The summed E-state index contributed by atoms with van der Waals surface area (Å²) in [5, 5.41) is 16.9. The Kier molecular flexibility index (Phi) is 2.60. The molecule has 2 aromatic heterocycles. The van der Waals surface area contributed by atoms with Crippen LogP contribution in [0.4, 0.5) is 0 Å². The second-order valence-electron chi connectivity index (χ2n) is 3.98. The van der Waals surface area contributed by atoms with Crippen LogP contribution < -0.4 is 5.73 Å². The molecule has 0 spiro atoms. The van der Waals surface area contributed by atoms with E-state index >= 15 is 0 Å². The number of hydrogen-bond donors (Lipinski definition) is 2. The van der Waals surface area contributed by atoms with E-state index < -0.39 is 0 Å². The Hall–Kier alpha value is -2.89. The maximum Gasteiger partial charge on any atom is 0.170 e. The normalized spacial score (nSPS) is 11.9. The summed E-state index contributed by atoms with van der Waals surface area (Å²) in [6.07, 6.45) is 3.45. The van der Waals surface area contributed by atoms with E-state index in [1.54, 1.807) is 29.2 Å². The highest BCUT2D eigenvalue weighted by molar-refractivity contribution is 6.08. The summed E-state index contributed by atoms with van der Waals surface area (Å²) >= 11 is 0. The van der Waals surface area contributed by atoms with Gasteiger partial charge in [0, 0.05) is 23.3 Å². The standard InChI is InChI=1S/C13H11N5O/c14-13(17-19)10-8-12(18-7-3-6-15-18)16-11-5-2-1-4-9(10)11/h1-8,19H,(H2,14,17). The first-order valence-corrected chi connectivity index (χ1v) is 5.67. The number of amidine groups is 1. The van der Waals surface area contributed by atoms with Gasteiger partial charge in [-0.2, -0.15) is 5.10 Å². The zero-order valence-corrected chi connectivity index (χ0v) is 9.93. The SMILES string of the molecule is NC(=NO)c1cc(-n2cccn2)nc2ccccc12. The van der Waals surface area contributed by atoms with E-state index in [1.165, 1.54) is 0 Å². The fourth-order valence-corrected chi connectivity index (χ4v) is 1.95. The van der Waals surface area contributed by atoms with E-state index in [4.69, 9.17) is 10.9 Å². The van der Waals surface area contributed by atoms with Crippen LogP contribution in [-0.2, 0) is 0 Å². The van der Waals surface area contributed by atoms with Gasteiger partial charge in [0.05, 0.1) is 5.52 Å². The lowest BCUT2D eigenvalue weighted by Gasteiger charge is -2.08. The highest BCUT2D eigenvalue weighted by Gasteiger charge is 2.10. The van der Waals surface area contributed by atoms with E-state index in [9.17, 15) is 0 Å². The number of benzene rings is 1. The number of hydrogen-bond acceptors (Lipinski definition) is 4. The fraction of sp³-hybridized carbons (Fsp3) is 0. The van der Waals surface area contributed by atoms with E-state index in [1.807, 2.05) is 24.3 Å². The third kappa shape index (κ3) is 1.89. The first kappa shape index (κ1) is 11.2. The van der Waals surface area contributed by atoms with Crippen LogP contribution in [0, 0.1) is 0 Å². The molecule has 6 nitrogen and oxygen atoms in total. The molecule has 0 radical (unpaired) electrons. The number of aromatic nitrogens is 3. The lowest BCUT2D eigenvalue weighted by Crippen LogP contribution is -2.15. The Labute approximate surface area is 108 Å². The van der Waals surface area contributed by atoms with Crippen molar-refractivity contribution in [3.8, 4) is 5.82 Å². The van der Waals surface area contributed by atoms with Crippen LogP contribution in [0.1, 0.15) is 5.56 Å². The first-order chi connectivity index (χ1) is 9.29. The van der Waals surface area contributed by atoms with E-state index in [-0.39, 0.29) is 5.84 Å². The largest absolute Gasteiger partial charge is 0.409 e. The van der Waals surface area contributed by atoms with Crippen molar-refractivity contribution in [1.82, 2.24) is 14.8 Å². The predicted octanol–water partition coefficient (Wildman–Crippen LogP) is 1.51. The van der Waals surface area contributed by atoms with Crippen molar-refractivity contribution in [1.29, 1.82) is 0 Å². The maximum absolute atomic E-state index is 8.89. The summed E-state index contributed by atoms with van der Waals surface area (Å²) in [5.41, 5.74) is 7.11.